The molecule has 2 aliphatic rings. The molecule has 0 bridgehead atoms. The molecule has 3 atom stereocenters. The molecule has 1 aliphatic carbocycles. The summed E-state index contributed by atoms with van der Waals surface area (Å²) in [6.45, 7) is 4.10. The van der Waals surface area contributed by atoms with E-state index in [1.807, 2.05) is 6.92 Å². The van der Waals surface area contributed by atoms with E-state index in [2.05, 4.69) is 16.3 Å². The molecule has 1 aromatic rings. The molecule has 1 aliphatic heterocycles. The van der Waals surface area contributed by atoms with E-state index in [1.165, 1.54) is 32.1 Å². The SMILES string of the molecule is C[C@H](C(=O)Nc1ccc(C#N)cc1)N1CC[C@@H]2CCCC[C@H]2C1. The summed E-state index contributed by atoms with van der Waals surface area (Å²) in [4.78, 5) is 14.8. The summed E-state index contributed by atoms with van der Waals surface area (Å²) in [6.07, 6.45) is 6.67. The van der Waals surface area contributed by atoms with E-state index in [0.29, 0.717) is 5.56 Å². The molecule has 1 saturated carbocycles. The van der Waals surface area contributed by atoms with Crippen molar-refractivity contribution in [3.63, 3.8) is 0 Å². The molecule has 122 valence electrons. The Bertz CT molecular complexity index is 590. The largest absolute Gasteiger partial charge is 0.325 e. The average Bonchev–Trinajstić information content (AvgIpc) is 2.61. The van der Waals surface area contributed by atoms with Crippen LogP contribution in [-0.4, -0.2) is 29.9 Å². The van der Waals surface area contributed by atoms with Crippen molar-refractivity contribution in [2.24, 2.45) is 11.8 Å². The fourth-order valence-corrected chi connectivity index (χ4v) is 4.02. The first-order chi connectivity index (χ1) is 11.2. The van der Waals surface area contributed by atoms with Crippen LogP contribution >= 0.6 is 0 Å². The molecule has 0 spiro atoms. The Morgan fingerprint density at radius 3 is 2.61 bits per heavy atom. The monoisotopic (exact) mass is 311 g/mol. The van der Waals surface area contributed by atoms with E-state index >= 15 is 0 Å². The summed E-state index contributed by atoms with van der Waals surface area (Å²) in [7, 11) is 0. The van der Waals surface area contributed by atoms with Gasteiger partial charge < -0.3 is 5.32 Å². The maximum Gasteiger partial charge on any atom is 0.241 e. The molecule has 1 amide bonds. The summed E-state index contributed by atoms with van der Waals surface area (Å²) >= 11 is 0. The lowest BCUT2D eigenvalue weighted by Crippen LogP contribution is -2.49. The second-order valence-corrected chi connectivity index (χ2v) is 6.94. The number of piperidine rings is 1. The van der Waals surface area contributed by atoms with Gasteiger partial charge >= 0.3 is 0 Å². The molecular formula is C19H25N3O. The van der Waals surface area contributed by atoms with Crippen molar-refractivity contribution in [3.8, 4) is 6.07 Å². The lowest BCUT2D eigenvalue weighted by atomic mass is 9.75. The highest BCUT2D eigenvalue weighted by atomic mass is 16.2. The quantitative estimate of drug-likeness (QED) is 0.931. The molecule has 0 radical (unpaired) electrons. The highest BCUT2D eigenvalue weighted by Gasteiger charge is 2.34. The summed E-state index contributed by atoms with van der Waals surface area (Å²) in [6, 6.07) is 9.02. The predicted octanol–water partition coefficient (Wildman–Crippen LogP) is 3.40. The summed E-state index contributed by atoms with van der Waals surface area (Å²) in [5, 5.41) is 11.8. The summed E-state index contributed by atoms with van der Waals surface area (Å²) < 4.78 is 0. The molecule has 4 nitrogen and oxygen atoms in total. The van der Waals surface area contributed by atoms with Gasteiger partial charge in [0.15, 0.2) is 0 Å². The minimum atomic E-state index is -0.103. The predicted molar refractivity (Wildman–Crippen MR) is 90.9 cm³/mol. The van der Waals surface area contributed by atoms with Crippen LogP contribution in [0, 0.1) is 23.2 Å². The maximum atomic E-state index is 12.5. The Morgan fingerprint density at radius 1 is 1.22 bits per heavy atom. The number of nitrogens with one attached hydrogen (secondary N) is 1. The van der Waals surface area contributed by atoms with E-state index in [1.54, 1.807) is 24.3 Å². The Hall–Kier alpha value is -1.86. The van der Waals surface area contributed by atoms with Crippen LogP contribution in [-0.2, 0) is 4.79 Å². The van der Waals surface area contributed by atoms with Gasteiger partial charge in [-0.2, -0.15) is 5.26 Å². The van der Waals surface area contributed by atoms with Gasteiger partial charge in [-0.15, -0.1) is 0 Å². The van der Waals surface area contributed by atoms with Crippen LogP contribution in [0.1, 0.15) is 44.6 Å². The normalized spacial score (nSPS) is 25.9. The molecule has 3 rings (SSSR count). The van der Waals surface area contributed by atoms with Gasteiger partial charge in [0.25, 0.3) is 0 Å². The summed E-state index contributed by atoms with van der Waals surface area (Å²) in [5.74, 6) is 1.71. The number of hydrogen-bond acceptors (Lipinski definition) is 3. The second kappa shape index (κ2) is 7.14. The molecule has 1 heterocycles. The van der Waals surface area contributed by atoms with Crippen molar-refractivity contribution in [1.82, 2.24) is 4.90 Å². The highest BCUT2D eigenvalue weighted by Crippen LogP contribution is 2.36. The van der Waals surface area contributed by atoms with Gasteiger partial charge in [-0.3, -0.25) is 9.69 Å². The van der Waals surface area contributed by atoms with Crippen LogP contribution in [0.5, 0.6) is 0 Å². The first-order valence-corrected chi connectivity index (χ1v) is 8.72. The zero-order valence-corrected chi connectivity index (χ0v) is 13.8. The smallest absolute Gasteiger partial charge is 0.241 e. The number of anilines is 1. The van der Waals surface area contributed by atoms with Gasteiger partial charge in [0.1, 0.15) is 0 Å². The second-order valence-electron chi connectivity index (χ2n) is 6.94. The first-order valence-electron chi connectivity index (χ1n) is 8.72. The lowest BCUT2D eigenvalue weighted by molar-refractivity contribution is -0.122. The number of carbonyl (C=O) groups excluding carboxylic acids is 1. The van der Waals surface area contributed by atoms with Crippen LogP contribution in [0.4, 0.5) is 5.69 Å². The molecule has 1 N–H and O–H groups in total. The molecule has 4 heteroatoms. The van der Waals surface area contributed by atoms with E-state index in [-0.39, 0.29) is 11.9 Å². The van der Waals surface area contributed by atoms with Crippen molar-refractivity contribution in [1.29, 1.82) is 5.26 Å². The molecule has 0 unspecified atom stereocenters. The maximum absolute atomic E-state index is 12.5. The fourth-order valence-electron chi connectivity index (χ4n) is 4.02. The fraction of sp³-hybridized carbons (Fsp3) is 0.579. The van der Waals surface area contributed by atoms with Gasteiger partial charge in [0, 0.05) is 12.2 Å². The standard InChI is InChI=1S/C19H25N3O/c1-14(19(23)21-18-8-6-15(12-20)7-9-18)22-11-10-16-4-2-3-5-17(16)13-22/h6-9,14,16-17H,2-5,10-11,13H2,1H3,(H,21,23)/t14-,16+,17+/m1/s1. The Labute approximate surface area is 138 Å². The third kappa shape index (κ3) is 3.73. The van der Waals surface area contributed by atoms with Crippen molar-refractivity contribution in [2.45, 2.75) is 45.1 Å². The number of nitriles is 1. The number of nitrogens with zero attached hydrogens (tertiary/aromatic N) is 2. The van der Waals surface area contributed by atoms with Gasteiger partial charge in [0.05, 0.1) is 17.7 Å². The van der Waals surface area contributed by atoms with Crippen LogP contribution in [0.15, 0.2) is 24.3 Å². The lowest BCUT2D eigenvalue weighted by Gasteiger charge is -2.43. The summed E-state index contributed by atoms with van der Waals surface area (Å²) in [5.41, 5.74) is 1.36. The highest BCUT2D eigenvalue weighted by molar-refractivity contribution is 5.94. The number of likely N-dealkylation sites (tertiary alicyclic amines) is 1. The van der Waals surface area contributed by atoms with Crippen molar-refractivity contribution < 1.29 is 4.79 Å². The van der Waals surface area contributed by atoms with Gasteiger partial charge in [-0.05, 0) is 62.4 Å². The molecule has 0 aromatic heterocycles. The van der Waals surface area contributed by atoms with Crippen LogP contribution in [0.2, 0.25) is 0 Å². The Kier molecular flexibility index (Phi) is 4.97. The zero-order valence-electron chi connectivity index (χ0n) is 13.8. The van der Waals surface area contributed by atoms with Crippen LogP contribution < -0.4 is 5.32 Å². The molecule has 1 aromatic carbocycles. The number of amides is 1. The van der Waals surface area contributed by atoms with Gasteiger partial charge in [-0.1, -0.05) is 19.3 Å². The molecule has 2 fully saturated rings. The molecule has 1 saturated heterocycles. The number of carbonyl (C=O) groups is 1. The van der Waals surface area contributed by atoms with Crippen molar-refractivity contribution in [3.05, 3.63) is 29.8 Å². The van der Waals surface area contributed by atoms with E-state index in [9.17, 15) is 4.79 Å². The van der Waals surface area contributed by atoms with Gasteiger partial charge in [-0.25, -0.2) is 0 Å². The Balaban J connectivity index is 1.57. The van der Waals surface area contributed by atoms with Crippen molar-refractivity contribution in [2.75, 3.05) is 18.4 Å². The topological polar surface area (TPSA) is 56.1 Å². The molecular weight excluding hydrogens is 286 g/mol. The van der Waals surface area contributed by atoms with Crippen molar-refractivity contribution >= 4 is 11.6 Å². The number of fused-ring (bicyclic) bond motifs is 1. The first kappa shape index (κ1) is 16.0. The number of hydrogen-bond donors (Lipinski definition) is 1. The number of rotatable bonds is 3. The Morgan fingerprint density at radius 2 is 1.91 bits per heavy atom. The van der Waals surface area contributed by atoms with E-state index in [0.717, 1.165) is 30.6 Å². The van der Waals surface area contributed by atoms with Crippen LogP contribution in [0.3, 0.4) is 0 Å². The third-order valence-electron chi connectivity index (χ3n) is 5.53. The van der Waals surface area contributed by atoms with E-state index in [4.69, 9.17) is 5.26 Å². The zero-order chi connectivity index (χ0) is 16.2. The average molecular weight is 311 g/mol. The minimum absolute atomic E-state index is 0.0453. The minimum Gasteiger partial charge on any atom is -0.325 e. The van der Waals surface area contributed by atoms with E-state index < -0.39 is 0 Å². The number of benzene rings is 1. The van der Waals surface area contributed by atoms with Crippen LogP contribution in [0.25, 0.3) is 0 Å². The third-order valence-corrected chi connectivity index (χ3v) is 5.53. The molecule has 23 heavy (non-hydrogen) atoms. The van der Waals surface area contributed by atoms with Gasteiger partial charge in [0.2, 0.25) is 5.91 Å².